The maximum Gasteiger partial charge on any atom is 1.00 e. The molecule has 1 aromatic carbocycles. The van der Waals surface area contributed by atoms with Crippen LogP contribution in [0.25, 0.3) is 0 Å². The van der Waals surface area contributed by atoms with Crippen LogP contribution in [0, 0.1) is 0 Å². The third kappa shape index (κ3) is 5.50. The Hall–Kier alpha value is 0.271. The Morgan fingerprint density at radius 3 is 2.39 bits per heavy atom. The number of rotatable bonds is 6. The Labute approximate surface area is 146 Å². The molecule has 3 nitrogen and oxygen atoms in total. The quantitative estimate of drug-likeness (QED) is 0.387. The average molecular weight is 288 g/mol. The molecule has 8 heteroatoms. The predicted octanol–water partition coefficient (Wildman–Crippen LogP) is -0.874. The maximum atomic E-state index is 12.8. The first-order valence-electron chi connectivity index (χ1n) is 5.07. The van der Waals surface area contributed by atoms with Crippen molar-refractivity contribution in [2.75, 3.05) is 20.5 Å². The molecular weight excluding hydrogens is 275 g/mol. The Bertz CT molecular complexity index is 374. The molecule has 1 aromatic rings. The zero-order valence-corrected chi connectivity index (χ0v) is 13.7. The molecular formula is C10H13BF3KO3. The van der Waals surface area contributed by atoms with Crippen LogP contribution in [0.1, 0.15) is 6.92 Å². The Balaban J connectivity index is 0.00000289. The van der Waals surface area contributed by atoms with Crippen molar-refractivity contribution in [1.82, 2.24) is 0 Å². The summed E-state index contributed by atoms with van der Waals surface area (Å²) >= 11 is 0. The molecule has 1 rings (SSSR count). The van der Waals surface area contributed by atoms with Gasteiger partial charge in [0, 0.05) is 6.61 Å². The summed E-state index contributed by atoms with van der Waals surface area (Å²) in [6, 6.07) is 3.55. The topological polar surface area (TPSA) is 27.7 Å². The Morgan fingerprint density at radius 2 is 1.89 bits per heavy atom. The molecule has 0 fully saturated rings. The molecule has 0 heterocycles. The van der Waals surface area contributed by atoms with Crippen LogP contribution in [0.15, 0.2) is 18.2 Å². The molecule has 0 amide bonds. The van der Waals surface area contributed by atoms with Gasteiger partial charge >= 0.3 is 58.4 Å². The van der Waals surface area contributed by atoms with Gasteiger partial charge < -0.3 is 27.2 Å². The van der Waals surface area contributed by atoms with Crippen LogP contribution in [0.2, 0.25) is 0 Å². The summed E-state index contributed by atoms with van der Waals surface area (Å²) in [5.74, 6) is -0.102. The Kier molecular flexibility index (Phi) is 8.57. The van der Waals surface area contributed by atoms with Crippen molar-refractivity contribution in [3.8, 4) is 11.5 Å². The predicted molar refractivity (Wildman–Crippen MR) is 58.8 cm³/mol. The first-order chi connectivity index (χ1) is 7.99. The summed E-state index contributed by atoms with van der Waals surface area (Å²) in [6.07, 6.45) is 0. The zero-order chi connectivity index (χ0) is 12.9. The van der Waals surface area contributed by atoms with Crippen molar-refractivity contribution < 1.29 is 78.5 Å². The van der Waals surface area contributed by atoms with Gasteiger partial charge in [-0.3, -0.25) is 0 Å². The monoisotopic (exact) mass is 288 g/mol. The maximum absolute atomic E-state index is 12.8. The standard InChI is InChI=1S/C10H13BF3O3.K/c1-3-16-7-17-10-5-4-8(15-2)6-9(10)11(12,13)14;/h4-6H,3,7H2,1-2H3;/q-1;+1. The second-order valence-corrected chi connectivity index (χ2v) is 3.23. The number of hydrogen-bond acceptors (Lipinski definition) is 3. The molecule has 0 saturated carbocycles. The van der Waals surface area contributed by atoms with Gasteiger partial charge in [-0.05, 0) is 25.1 Å². The molecule has 96 valence electrons. The molecule has 0 aliphatic heterocycles. The van der Waals surface area contributed by atoms with Crippen LogP contribution in [0.3, 0.4) is 0 Å². The molecule has 0 bridgehead atoms. The van der Waals surface area contributed by atoms with Crippen LogP contribution >= 0.6 is 0 Å². The number of halogens is 3. The first kappa shape index (κ1) is 18.3. The van der Waals surface area contributed by atoms with Gasteiger partial charge in [-0.15, -0.1) is 0 Å². The molecule has 0 atom stereocenters. The number of hydrogen-bond donors (Lipinski definition) is 0. The van der Waals surface area contributed by atoms with Gasteiger partial charge in [-0.25, -0.2) is 0 Å². The number of ether oxygens (including phenoxy) is 3. The Morgan fingerprint density at radius 1 is 1.22 bits per heavy atom. The van der Waals surface area contributed by atoms with Gasteiger partial charge in [0.15, 0.2) is 6.79 Å². The minimum Gasteiger partial charge on any atom is -0.497 e. The minimum absolute atomic E-state index is 0. The van der Waals surface area contributed by atoms with Gasteiger partial charge in [0.2, 0.25) is 0 Å². The van der Waals surface area contributed by atoms with Gasteiger partial charge in [0.05, 0.1) is 12.9 Å². The molecule has 18 heavy (non-hydrogen) atoms. The molecule has 0 radical (unpaired) electrons. The van der Waals surface area contributed by atoms with Gasteiger partial charge in [-0.2, -0.15) is 0 Å². The van der Waals surface area contributed by atoms with Crippen molar-refractivity contribution in [2.45, 2.75) is 6.92 Å². The summed E-state index contributed by atoms with van der Waals surface area (Å²) in [7, 11) is 1.31. The molecule has 0 N–H and O–H groups in total. The SMILES string of the molecule is CCOCOc1ccc(OC)cc1[B-](F)(F)F.[K+]. The number of methoxy groups -OCH3 is 1. The number of benzene rings is 1. The van der Waals surface area contributed by atoms with Crippen molar-refractivity contribution in [3.05, 3.63) is 18.2 Å². The fraction of sp³-hybridized carbons (Fsp3) is 0.400. The smallest absolute Gasteiger partial charge is 0.497 e. The third-order valence-corrected chi connectivity index (χ3v) is 2.07. The van der Waals surface area contributed by atoms with Crippen LogP contribution in [-0.4, -0.2) is 27.5 Å². The van der Waals surface area contributed by atoms with Gasteiger partial charge in [0.1, 0.15) is 5.75 Å². The van der Waals surface area contributed by atoms with Crippen LogP contribution in [-0.2, 0) is 4.74 Å². The fourth-order valence-electron chi connectivity index (χ4n) is 1.23. The van der Waals surface area contributed by atoms with Crippen molar-refractivity contribution in [1.29, 1.82) is 0 Å². The molecule has 0 aliphatic rings. The first-order valence-corrected chi connectivity index (χ1v) is 5.07. The summed E-state index contributed by atoms with van der Waals surface area (Å²) in [4.78, 5) is 0. The average Bonchev–Trinajstić information content (AvgIpc) is 2.28. The van der Waals surface area contributed by atoms with E-state index < -0.39 is 12.4 Å². The van der Waals surface area contributed by atoms with Crippen LogP contribution in [0.5, 0.6) is 11.5 Å². The molecule has 0 spiro atoms. The van der Waals surface area contributed by atoms with Gasteiger partial charge in [-0.1, -0.05) is 5.46 Å². The van der Waals surface area contributed by atoms with Crippen LogP contribution in [0.4, 0.5) is 12.9 Å². The van der Waals surface area contributed by atoms with E-state index in [9.17, 15) is 12.9 Å². The van der Waals surface area contributed by atoms with Crippen LogP contribution < -0.4 is 66.3 Å². The molecule has 0 unspecified atom stereocenters. The largest absolute Gasteiger partial charge is 1.00 e. The van der Waals surface area contributed by atoms with E-state index in [4.69, 9.17) is 14.2 Å². The van der Waals surface area contributed by atoms with Crippen molar-refractivity contribution in [2.24, 2.45) is 0 Å². The van der Waals surface area contributed by atoms with E-state index in [-0.39, 0.29) is 69.7 Å². The van der Waals surface area contributed by atoms with E-state index in [2.05, 4.69) is 0 Å². The second-order valence-electron chi connectivity index (χ2n) is 3.23. The molecule has 0 saturated heterocycles. The van der Waals surface area contributed by atoms with E-state index in [0.29, 0.717) is 6.61 Å². The summed E-state index contributed by atoms with van der Waals surface area (Å²) in [5.41, 5.74) is -0.816. The molecule has 0 aromatic heterocycles. The summed E-state index contributed by atoms with van der Waals surface area (Å²) in [5, 5.41) is 0. The third-order valence-electron chi connectivity index (χ3n) is 2.07. The van der Waals surface area contributed by atoms with E-state index in [0.717, 1.165) is 6.07 Å². The van der Waals surface area contributed by atoms with Crippen molar-refractivity contribution >= 4 is 12.4 Å². The van der Waals surface area contributed by atoms with Gasteiger partial charge in [0.25, 0.3) is 0 Å². The fourth-order valence-corrected chi connectivity index (χ4v) is 1.23. The second kappa shape index (κ2) is 8.44. The van der Waals surface area contributed by atoms with E-state index in [1.54, 1.807) is 6.92 Å². The van der Waals surface area contributed by atoms with E-state index in [1.807, 2.05) is 0 Å². The van der Waals surface area contributed by atoms with Crippen molar-refractivity contribution in [3.63, 3.8) is 0 Å². The van der Waals surface area contributed by atoms with E-state index in [1.165, 1.54) is 19.2 Å². The normalized spacial score (nSPS) is 10.7. The summed E-state index contributed by atoms with van der Waals surface area (Å²) < 4.78 is 52.8. The zero-order valence-electron chi connectivity index (χ0n) is 10.6. The molecule has 0 aliphatic carbocycles. The summed E-state index contributed by atoms with van der Waals surface area (Å²) in [6.45, 7) is -3.25. The minimum atomic E-state index is -5.15. The van der Waals surface area contributed by atoms with E-state index >= 15 is 0 Å².